The second-order valence-electron chi connectivity index (χ2n) is 3.35. The van der Waals surface area contributed by atoms with Gasteiger partial charge in [0.05, 0.1) is 13.4 Å². The van der Waals surface area contributed by atoms with Crippen molar-refractivity contribution in [2.75, 3.05) is 7.11 Å². The maximum Gasteiger partial charge on any atom is 0.0830 e. The van der Waals surface area contributed by atoms with E-state index in [2.05, 4.69) is 32.9 Å². The fraction of sp³-hybridized carbons (Fsp3) is 0.333. The van der Waals surface area contributed by atoms with Crippen LogP contribution in [-0.4, -0.2) is 7.11 Å². The van der Waals surface area contributed by atoms with Crippen molar-refractivity contribution in [1.29, 1.82) is 0 Å². The number of rotatable bonds is 2. The first kappa shape index (κ1) is 9.85. The van der Waals surface area contributed by atoms with Gasteiger partial charge in [0.15, 0.2) is 0 Å². The van der Waals surface area contributed by atoms with Crippen LogP contribution in [0.25, 0.3) is 6.08 Å². The highest BCUT2D eigenvalue weighted by molar-refractivity contribution is 5.57. The monoisotopic (exact) mass is 176 g/mol. The molecule has 1 heteroatoms. The number of methoxy groups -OCH3 is 1. The SMILES string of the molecule is COC=Cc1c(C)cc(C)cc1C. The lowest BCUT2D eigenvalue weighted by Crippen LogP contribution is -1.88. The Kier molecular flexibility index (Phi) is 3.13. The van der Waals surface area contributed by atoms with Gasteiger partial charge in [0.1, 0.15) is 0 Å². The van der Waals surface area contributed by atoms with E-state index in [1.165, 1.54) is 22.3 Å². The van der Waals surface area contributed by atoms with Crippen molar-refractivity contribution in [3.8, 4) is 0 Å². The first-order valence-corrected chi connectivity index (χ1v) is 4.42. The Morgan fingerprint density at radius 1 is 1.08 bits per heavy atom. The van der Waals surface area contributed by atoms with E-state index >= 15 is 0 Å². The lowest BCUT2D eigenvalue weighted by Gasteiger charge is -2.06. The molecule has 0 amide bonds. The lowest BCUT2D eigenvalue weighted by molar-refractivity contribution is 0.341. The molecular formula is C12H16O. The largest absolute Gasteiger partial charge is 0.504 e. The van der Waals surface area contributed by atoms with Crippen molar-refractivity contribution >= 4 is 6.08 Å². The van der Waals surface area contributed by atoms with E-state index in [1.54, 1.807) is 13.4 Å². The smallest absolute Gasteiger partial charge is 0.0830 e. The van der Waals surface area contributed by atoms with Crippen molar-refractivity contribution in [2.45, 2.75) is 20.8 Å². The maximum atomic E-state index is 4.91. The van der Waals surface area contributed by atoms with Gasteiger partial charge in [-0.25, -0.2) is 0 Å². The Balaban J connectivity index is 3.13. The third kappa shape index (κ3) is 2.35. The summed E-state index contributed by atoms with van der Waals surface area (Å²) >= 11 is 0. The zero-order valence-electron chi connectivity index (χ0n) is 8.72. The molecule has 0 saturated heterocycles. The first-order valence-electron chi connectivity index (χ1n) is 4.42. The van der Waals surface area contributed by atoms with Gasteiger partial charge >= 0.3 is 0 Å². The van der Waals surface area contributed by atoms with Crippen LogP contribution in [0.2, 0.25) is 0 Å². The zero-order chi connectivity index (χ0) is 9.84. The quantitative estimate of drug-likeness (QED) is 0.629. The molecule has 0 aliphatic rings. The molecule has 1 aromatic rings. The molecule has 0 bridgehead atoms. The van der Waals surface area contributed by atoms with E-state index < -0.39 is 0 Å². The summed E-state index contributed by atoms with van der Waals surface area (Å²) in [4.78, 5) is 0. The van der Waals surface area contributed by atoms with Gasteiger partial charge in [-0.3, -0.25) is 0 Å². The van der Waals surface area contributed by atoms with E-state index in [1.807, 2.05) is 6.08 Å². The fourth-order valence-corrected chi connectivity index (χ4v) is 1.59. The minimum atomic E-state index is 1.26. The predicted molar refractivity (Wildman–Crippen MR) is 56.7 cm³/mol. The van der Waals surface area contributed by atoms with Crippen LogP contribution in [-0.2, 0) is 4.74 Å². The molecule has 1 aromatic carbocycles. The van der Waals surface area contributed by atoms with E-state index in [9.17, 15) is 0 Å². The van der Waals surface area contributed by atoms with Crippen LogP contribution in [0.1, 0.15) is 22.3 Å². The zero-order valence-corrected chi connectivity index (χ0v) is 8.72. The van der Waals surface area contributed by atoms with Crippen LogP contribution in [0.3, 0.4) is 0 Å². The molecule has 0 aromatic heterocycles. The van der Waals surface area contributed by atoms with Crippen molar-refractivity contribution < 1.29 is 4.74 Å². The number of hydrogen-bond donors (Lipinski definition) is 0. The Hall–Kier alpha value is -1.24. The van der Waals surface area contributed by atoms with Crippen LogP contribution in [0.15, 0.2) is 18.4 Å². The summed E-state index contributed by atoms with van der Waals surface area (Å²) in [6, 6.07) is 4.37. The minimum Gasteiger partial charge on any atom is -0.504 e. The number of aryl methyl sites for hydroxylation is 3. The van der Waals surface area contributed by atoms with E-state index in [0.717, 1.165) is 0 Å². The van der Waals surface area contributed by atoms with Crippen LogP contribution in [0.5, 0.6) is 0 Å². The van der Waals surface area contributed by atoms with Gasteiger partial charge in [-0.1, -0.05) is 17.7 Å². The Morgan fingerprint density at radius 2 is 1.62 bits per heavy atom. The third-order valence-corrected chi connectivity index (χ3v) is 2.11. The van der Waals surface area contributed by atoms with Crippen LogP contribution >= 0.6 is 0 Å². The molecule has 70 valence electrons. The highest BCUT2D eigenvalue weighted by Crippen LogP contribution is 2.17. The third-order valence-electron chi connectivity index (χ3n) is 2.11. The summed E-state index contributed by atoms with van der Waals surface area (Å²) in [5.41, 5.74) is 5.16. The highest BCUT2D eigenvalue weighted by Gasteiger charge is 1.99. The van der Waals surface area contributed by atoms with Crippen molar-refractivity contribution in [3.63, 3.8) is 0 Å². The Labute approximate surface area is 80.0 Å². The Morgan fingerprint density at radius 3 is 2.08 bits per heavy atom. The summed E-state index contributed by atoms with van der Waals surface area (Å²) < 4.78 is 4.91. The number of benzene rings is 1. The van der Waals surface area contributed by atoms with Gasteiger partial charge in [-0.2, -0.15) is 0 Å². The molecule has 0 radical (unpaired) electrons. The molecule has 1 rings (SSSR count). The molecular weight excluding hydrogens is 160 g/mol. The van der Waals surface area contributed by atoms with Gasteiger partial charge in [0.2, 0.25) is 0 Å². The summed E-state index contributed by atoms with van der Waals surface area (Å²) in [5.74, 6) is 0. The first-order chi connectivity index (χ1) is 6.15. The molecule has 0 unspecified atom stereocenters. The summed E-state index contributed by atoms with van der Waals surface area (Å²) in [7, 11) is 1.66. The molecule has 13 heavy (non-hydrogen) atoms. The number of hydrogen-bond acceptors (Lipinski definition) is 1. The fourth-order valence-electron chi connectivity index (χ4n) is 1.59. The molecule has 0 N–H and O–H groups in total. The summed E-state index contributed by atoms with van der Waals surface area (Å²) in [5, 5.41) is 0. The second kappa shape index (κ2) is 4.13. The Bertz CT molecular complexity index is 301. The molecule has 1 nitrogen and oxygen atoms in total. The van der Waals surface area contributed by atoms with E-state index in [-0.39, 0.29) is 0 Å². The van der Waals surface area contributed by atoms with Gasteiger partial charge in [0.25, 0.3) is 0 Å². The van der Waals surface area contributed by atoms with E-state index in [0.29, 0.717) is 0 Å². The molecule has 0 atom stereocenters. The molecule has 0 aliphatic heterocycles. The predicted octanol–water partition coefficient (Wildman–Crippen LogP) is 3.23. The van der Waals surface area contributed by atoms with Crippen molar-refractivity contribution in [2.24, 2.45) is 0 Å². The average Bonchev–Trinajstić information content (AvgIpc) is 2.02. The minimum absolute atomic E-state index is 1.26. The average molecular weight is 176 g/mol. The van der Waals surface area contributed by atoms with Crippen molar-refractivity contribution in [1.82, 2.24) is 0 Å². The molecule has 0 saturated carbocycles. The standard InChI is InChI=1S/C12H16O/c1-9-7-10(2)12(5-6-13-4)11(3)8-9/h5-8H,1-4H3. The van der Waals surface area contributed by atoms with Crippen LogP contribution in [0, 0.1) is 20.8 Å². The van der Waals surface area contributed by atoms with E-state index in [4.69, 9.17) is 4.74 Å². The highest BCUT2D eigenvalue weighted by atomic mass is 16.5. The summed E-state index contributed by atoms with van der Waals surface area (Å²) in [6.07, 6.45) is 3.72. The lowest BCUT2D eigenvalue weighted by atomic mass is 10.00. The molecule has 0 heterocycles. The van der Waals surface area contributed by atoms with Gasteiger partial charge < -0.3 is 4.74 Å². The maximum absolute atomic E-state index is 4.91. The van der Waals surface area contributed by atoms with Crippen LogP contribution in [0.4, 0.5) is 0 Å². The molecule has 0 spiro atoms. The number of ether oxygens (including phenoxy) is 1. The molecule has 0 aliphatic carbocycles. The van der Waals surface area contributed by atoms with Gasteiger partial charge in [0, 0.05) is 0 Å². The normalized spacial score (nSPS) is 10.8. The van der Waals surface area contributed by atoms with Gasteiger partial charge in [-0.05, 0) is 43.5 Å². The second-order valence-corrected chi connectivity index (χ2v) is 3.35. The van der Waals surface area contributed by atoms with Crippen molar-refractivity contribution in [3.05, 3.63) is 40.6 Å². The summed E-state index contributed by atoms with van der Waals surface area (Å²) in [6.45, 7) is 6.36. The van der Waals surface area contributed by atoms with Crippen LogP contribution < -0.4 is 0 Å². The van der Waals surface area contributed by atoms with Gasteiger partial charge in [-0.15, -0.1) is 0 Å². The molecule has 0 fully saturated rings. The topological polar surface area (TPSA) is 9.23 Å².